The van der Waals surface area contributed by atoms with Gasteiger partial charge in [0, 0.05) is 17.8 Å². The van der Waals surface area contributed by atoms with Gasteiger partial charge in [-0.2, -0.15) is 0 Å². The third-order valence-electron chi connectivity index (χ3n) is 3.94. The lowest BCUT2D eigenvalue weighted by atomic mass is 9.75. The van der Waals surface area contributed by atoms with Crippen LogP contribution in [0.5, 0.6) is 0 Å². The van der Waals surface area contributed by atoms with Gasteiger partial charge in [-0.25, -0.2) is 0 Å². The maximum absolute atomic E-state index is 12.1. The third-order valence-corrected chi connectivity index (χ3v) is 4.84. The van der Waals surface area contributed by atoms with Gasteiger partial charge in [-0.05, 0) is 25.0 Å². The van der Waals surface area contributed by atoms with Crippen molar-refractivity contribution in [2.24, 2.45) is 5.41 Å². The number of hydrogen-bond acceptors (Lipinski definition) is 1. The summed E-state index contributed by atoms with van der Waals surface area (Å²) in [5.41, 5.74) is 0.598. The minimum absolute atomic E-state index is 0.0662. The minimum atomic E-state index is -0.110. The topological polar surface area (TPSA) is 29.1 Å². The Bertz CT molecular complexity index is 442. The molecule has 4 heteroatoms. The van der Waals surface area contributed by atoms with Crippen LogP contribution in [0.15, 0.2) is 24.3 Å². The summed E-state index contributed by atoms with van der Waals surface area (Å²) in [7, 11) is 0. The molecule has 19 heavy (non-hydrogen) atoms. The molecule has 0 unspecified atom stereocenters. The molecule has 2 rings (SSSR count). The van der Waals surface area contributed by atoms with E-state index in [1.54, 1.807) is 12.1 Å². The van der Waals surface area contributed by atoms with Gasteiger partial charge in [0.25, 0.3) is 5.91 Å². The molecule has 104 valence electrons. The van der Waals surface area contributed by atoms with Gasteiger partial charge in [0.1, 0.15) is 0 Å². The van der Waals surface area contributed by atoms with Crippen LogP contribution in [0.3, 0.4) is 0 Å². The average Bonchev–Trinajstić information content (AvgIpc) is 2.46. The van der Waals surface area contributed by atoms with Gasteiger partial charge in [-0.15, -0.1) is 11.6 Å². The van der Waals surface area contributed by atoms with E-state index in [9.17, 15) is 4.79 Å². The van der Waals surface area contributed by atoms with E-state index in [4.69, 9.17) is 23.2 Å². The number of rotatable bonds is 4. The molecule has 1 aromatic rings. The fourth-order valence-corrected chi connectivity index (χ4v) is 3.25. The maximum Gasteiger partial charge on any atom is 0.252 e. The molecular formula is C15H19Cl2NO. The first-order chi connectivity index (χ1) is 9.17. The molecule has 1 aromatic carbocycles. The molecule has 1 amide bonds. The first-order valence-corrected chi connectivity index (χ1v) is 7.67. The zero-order valence-corrected chi connectivity index (χ0v) is 12.4. The molecule has 0 saturated heterocycles. The Balaban J connectivity index is 1.98. The summed E-state index contributed by atoms with van der Waals surface area (Å²) >= 11 is 12.1. The Labute approximate surface area is 124 Å². The van der Waals surface area contributed by atoms with Gasteiger partial charge in [0.15, 0.2) is 0 Å². The van der Waals surface area contributed by atoms with Crippen LogP contribution in [0.4, 0.5) is 0 Å². The highest BCUT2D eigenvalue weighted by Gasteiger charge is 2.31. The molecule has 1 fully saturated rings. The maximum atomic E-state index is 12.1. The second-order valence-electron chi connectivity index (χ2n) is 5.36. The third kappa shape index (κ3) is 3.64. The first kappa shape index (κ1) is 14.7. The second kappa shape index (κ2) is 6.62. The van der Waals surface area contributed by atoms with Crippen molar-refractivity contribution in [1.82, 2.24) is 5.32 Å². The largest absolute Gasteiger partial charge is 0.351 e. The quantitative estimate of drug-likeness (QED) is 0.827. The van der Waals surface area contributed by atoms with E-state index in [2.05, 4.69) is 5.32 Å². The SMILES string of the molecule is O=C(NCC1(CCl)CCCCC1)c1ccccc1Cl. The number of hydrogen-bond donors (Lipinski definition) is 1. The van der Waals surface area contributed by atoms with Gasteiger partial charge in [-0.1, -0.05) is 43.0 Å². The molecule has 1 N–H and O–H groups in total. The molecule has 0 radical (unpaired) electrons. The van der Waals surface area contributed by atoms with E-state index in [0.29, 0.717) is 23.0 Å². The minimum Gasteiger partial charge on any atom is -0.351 e. The van der Waals surface area contributed by atoms with Gasteiger partial charge >= 0.3 is 0 Å². The molecule has 0 bridgehead atoms. The Hall–Kier alpha value is -0.730. The lowest BCUT2D eigenvalue weighted by Crippen LogP contribution is -2.40. The molecule has 0 aliphatic heterocycles. The molecule has 0 heterocycles. The van der Waals surface area contributed by atoms with Gasteiger partial charge < -0.3 is 5.32 Å². The van der Waals surface area contributed by atoms with Crippen molar-refractivity contribution >= 4 is 29.1 Å². The van der Waals surface area contributed by atoms with Crippen LogP contribution in [-0.2, 0) is 0 Å². The summed E-state index contributed by atoms with van der Waals surface area (Å²) in [6, 6.07) is 7.11. The van der Waals surface area contributed by atoms with Crippen molar-refractivity contribution in [3.05, 3.63) is 34.9 Å². The zero-order valence-electron chi connectivity index (χ0n) is 10.9. The summed E-state index contributed by atoms with van der Waals surface area (Å²) in [5, 5.41) is 3.48. The highest BCUT2D eigenvalue weighted by molar-refractivity contribution is 6.33. The summed E-state index contributed by atoms with van der Waals surface area (Å²) in [5.74, 6) is 0.496. The Morgan fingerprint density at radius 1 is 1.21 bits per heavy atom. The summed E-state index contributed by atoms with van der Waals surface area (Å²) in [4.78, 5) is 12.1. The van der Waals surface area contributed by atoms with E-state index < -0.39 is 0 Å². The summed E-state index contributed by atoms with van der Waals surface area (Å²) < 4.78 is 0. The number of carbonyl (C=O) groups excluding carboxylic acids is 1. The van der Waals surface area contributed by atoms with Crippen LogP contribution in [0, 0.1) is 5.41 Å². The fraction of sp³-hybridized carbons (Fsp3) is 0.533. The molecule has 1 aliphatic carbocycles. The number of benzene rings is 1. The van der Waals surface area contributed by atoms with Crippen LogP contribution in [0.2, 0.25) is 5.02 Å². The van der Waals surface area contributed by atoms with Crippen molar-refractivity contribution in [1.29, 1.82) is 0 Å². The number of amides is 1. The van der Waals surface area contributed by atoms with Crippen LogP contribution < -0.4 is 5.32 Å². The van der Waals surface area contributed by atoms with E-state index >= 15 is 0 Å². The molecular weight excluding hydrogens is 281 g/mol. The number of halogens is 2. The van der Waals surface area contributed by atoms with Crippen molar-refractivity contribution < 1.29 is 4.79 Å². The van der Waals surface area contributed by atoms with E-state index in [1.165, 1.54) is 19.3 Å². The average molecular weight is 300 g/mol. The van der Waals surface area contributed by atoms with Crippen LogP contribution in [0.1, 0.15) is 42.5 Å². The van der Waals surface area contributed by atoms with Gasteiger partial charge in [-0.3, -0.25) is 4.79 Å². The highest BCUT2D eigenvalue weighted by Crippen LogP contribution is 2.36. The van der Waals surface area contributed by atoms with Gasteiger partial charge in [0.2, 0.25) is 0 Å². The fourth-order valence-electron chi connectivity index (χ4n) is 2.67. The smallest absolute Gasteiger partial charge is 0.252 e. The predicted octanol–water partition coefficient (Wildman–Crippen LogP) is 4.26. The zero-order chi connectivity index (χ0) is 13.7. The van der Waals surface area contributed by atoms with Crippen molar-refractivity contribution in [2.45, 2.75) is 32.1 Å². The standard InChI is InChI=1S/C15H19Cl2NO/c16-10-15(8-4-1-5-9-15)11-18-14(19)12-6-2-3-7-13(12)17/h2-3,6-7H,1,4-5,8-11H2,(H,18,19). The number of carbonyl (C=O) groups is 1. The molecule has 0 spiro atoms. The van der Waals surface area contributed by atoms with E-state index in [1.807, 2.05) is 12.1 Å². The molecule has 1 aliphatic rings. The Morgan fingerprint density at radius 2 is 1.89 bits per heavy atom. The summed E-state index contributed by atoms with van der Waals surface area (Å²) in [6.07, 6.45) is 5.87. The monoisotopic (exact) mass is 299 g/mol. The first-order valence-electron chi connectivity index (χ1n) is 6.76. The lowest BCUT2D eigenvalue weighted by molar-refractivity contribution is 0.0921. The van der Waals surface area contributed by atoms with E-state index in [0.717, 1.165) is 12.8 Å². The molecule has 2 nitrogen and oxygen atoms in total. The van der Waals surface area contributed by atoms with Crippen molar-refractivity contribution in [3.8, 4) is 0 Å². The van der Waals surface area contributed by atoms with Crippen LogP contribution in [0.25, 0.3) is 0 Å². The second-order valence-corrected chi connectivity index (χ2v) is 6.03. The van der Waals surface area contributed by atoms with Crippen LogP contribution in [-0.4, -0.2) is 18.3 Å². The van der Waals surface area contributed by atoms with E-state index in [-0.39, 0.29) is 11.3 Å². The molecule has 0 aromatic heterocycles. The van der Waals surface area contributed by atoms with Gasteiger partial charge in [0.05, 0.1) is 10.6 Å². The predicted molar refractivity (Wildman–Crippen MR) is 80.0 cm³/mol. The van der Waals surface area contributed by atoms with Crippen molar-refractivity contribution in [2.75, 3.05) is 12.4 Å². The van der Waals surface area contributed by atoms with Crippen LogP contribution >= 0.6 is 23.2 Å². The Morgan fingerprint density at radius 3 is 2.53 bits per heavy atom. The molecule has 0 atom stereocenters. The normalized spacial score (nSPS) is 18.0. The summed E-state index contributed by atoms with van der Waals surface area (Å²) in [6.45, 7) is 0.639. The number of nitrogens with one attached hydrogen (secondary N) is 1. The molecule has 1 saturated carbocycles. The van der Waals surface area contributed by atoms with Crippen molar-refractivity contribution in [3.63, 3.8) is 0 Å². The highest BCUT2D eigenvalue weighted by atomic mass is 35.5. The lowest BCUT2D eigenvalue weighted by Gasteiger charge is -2.35. The Kier molecular flexibility index (Phi) is 5.12. The number of alkyl halides is 1.